The van der Waals surface area contributed by atoms with Gasteiger partial charge < -0.3 is 43.6 Å². The largest absolute Gasteiger partial charge is 0.481 e. The zero-order valence-electron chi connectivity index (χ0n) is 28.8. The van der Waals surface area contributed by atoms with Gasteiger partial charge in [0.25, 0.3) is 0 Å². The van der Waals surface area contributed by atoms with Crippen molar-refractivity contribution >= 4 is 40.3 Å². The van der Waals surface area contributed by atoms with Crippen molar-refractivity contribution < 1.29 is 47.7 Å². The number of nitrogen functional groups attached to an aromatic ring is 1. The molecule has 0 aliphatic carbocycles. The van der Waals surface area contributed by atoms with E-state index in [1.165, 1.54) is 56.9 Å². The SMILES string of the molecule is COc1cc(OC)nc(Cl)n1.COc1nc(C)nc(OC)c1N.COc1nc(C)nc(OC)c1[N+](=O)[O-].COc1nc(Cl)nc(OC)c1[N+](=O)[O-]. The lowest BCUT2D eigenvalue weighted by molar-refractivity contribution is -0.387. The monoisotopic (exact) mass is 761 g/mol. The second-order valence-corrected chi connectivity index (χ2v) is 9.11. The van der Waals surface area contributed by atoms with Gasteiger partial charge in [0.15, 0.2) is 5.69 Å². The molecule has 0 saturated heterocycles. The Bertz CT molecular complexity index is 1620. The number of aryl methyl sites for hydroxylation is 2. The maximum Gasteiger partial charge on any atom is 0.392 e. The number of aromatic nitrogens is 8. The molecule has 0 saturated carbocycles. The van der Waals surface area contributed by atoms with E-state index in [0.29, 0.717) is 40.9 Å². The molecule has 4 aromatic rings. The molecule has 0 amide bonds. The summed E-state index contributed by atoms with van der Waals surface area (Å²) >= 11 is 11.0. The maximum absolute atomic E-state index is 10.6. The zero-order valence-corrected chi connectivity index (χ0v) is 30.3. The molecule has 4 aromatic heterocycles. The minimum absolute atomic E-state index is 0.0978. The molecule has 0 atom stereocenters. The highest BCUT2D eigenvalue weighted by Gasteiger charge is 2.27. The molecular formula is C26H33Cl2N11O12. The Kier molecular flexibility index (Phi) is 17.7. The molecule has 0 radical (unpaired) electrons. The standard InChI is InChI=1S/C7H9N3O4.C7H11N3O2.C6H6ClN3O4.C6H7ClN2O2/c1-4-8-6(13-2)5(10(11)12)7(9-4)14-3;1-4-9-6(11-2)5(8)7(10-4)12-3;1-13-4-3(10(11)12)5(14-2)9-6(7)8-4;1-10-4-3-5(11-2)9-6(7)8-4/h1-3H3;8H2,1-3H3;1-2H3;3H,1-2H3. The van der Waals surface area contributed by atoms with Crippen LogP contribution in [0, 0.1) is 34.1 Å². The van der Waals surface area contributed by atoms with Gasteiger partial charge in [-0.3, -0.25) is 20.2 Å². The highest BCUT2D eigenvalue weighted by atomic mass is 35.5. The van der Waals surface area contributed by atoms with Crippen molar-refractivity contribution in [2.45, 2.75) is 13.8 Å². The Morgan fingerprint density at radius 3 is 1.06 bits per heavy atom. The number of hydrogen-bond acceptors (Lipinski definition) is 21. The Hall–Kier alpha value is -6.10. The molecule has 25 heteroatoms. The van der Waals surface area contributed by atoms with Gasteiger partial charge in [0, 0.05) is 0 Å². The summed E-state index contributed by atoms with van der Waals surface area (Å²) in [7, 11) is 11.1. The molecule has 278 valence electrons. The minimum atomic E-state index is -0.700. The summed E-state index contributed by atoms with van der Waals surface area (Å²) in [5.74, 6) is 1.74. The van der Waals surface area contributed by atoms with Crippen LogP contribution in [0.4, 0.5) is 17.1 Å². The number of nitro groups is 2. The number of ether oxygens (including phenoxy) is 8. The maximum atomic E-state index is 10.6. The van der Waals surface area contributed by atoms with Crippen LogP contribution in [0.15, 0.2) is 6.07 Å². The molecular weight excluding hydrogens is 729 g/mol. The average molecular weight is 763 g/mol. The summed E-state index contributed by atoms with van der Waals surface area (Å²) in [5.41, 5.74) is 5.12. The van der Waals surface area contributed by atoms with Crippen molar-refractivity contribution in [3.05, 3.63) is 48.5 Å². The van der Waals surface area contributed by atoms with E-state index < -0.39 is 15.5 Å². The molecule has 0 bridgehead atoms. The molecule has 2 N–H and O–H groups in total. The van der Waals surface area contributed by atoms with Gasteiger partial charge in [-0.1, -0.05) is 0 Å². The first-order valence-corrected chi connectivity index (χ1v) is 14.2. The first-order chi connectivity index (χ1) is 24.1. The molecule has 0 aromatic carbocycles. The Morgan fingerprint density at radius 2 is 0.784 bits per heavy atom. The average Bonchev–Trinajstić information content (AvgIpc) is 3.11. The van der Waals surface area contributed by atoms with Gasteiger partial charge in [0.05, 0.1) is 72.8 Å². The first-order valence-electron chi connectivity index (χ1n) is 13.4. The number of nitrogens with two attached hydrogens (primary N) is 1. The van der Waals surface area contributed by atoms with E-state index in [4.69, 9.17) is 57.4 Å². The van der Waals surface area contributed by atoms with Crippen LogP contribution in [0.25, 0.3) is 0 Å². The summed E-state index contributed by atoms with van der Waals surface area (Å²) in [6.07, 6.45) is 0. The van der Waals surface area contributed by atoms with Gasteiger partial charge in [-0.15, -0.1) is 0 Å². The third kappa shape index (κ3) is 12.7. The fourth-order valence-corrected chi connectivity index (χ4v) is 3.54. The summed E-state index contributed by atoms with van der Waals surface area (Å²) in [6, 6.07) is 1.55. The molecule has 0 spiro atoms. The fraction of sp³-hybridized carbons (Fsp3) is 0.385. The Balaban J connectivity index is 0.000000342. The van der Waals surface area contributed by atoms with Crippen molar-refractivity contribution in [2.24, 2.45) is 0 Å². The zero-order chi connectivity index (χ0) is 38.8. The van der Waals surface area contributed by atoms with Crippen molar-refractivity contribution in [1.29, 1.82) is 0 Å². The molecule has 0 unspecified atom stereocenters. The molecule has 51 heavy (non-hydrogen) atoms. The van der Waals surface area contributed by atoms with E-state index in [1.54, 1.807) is 19.9 Å². The van der Waals surface area contributed by atoms with E-state index in [2.05, 4.69) is 49.3 Å². The Morgan fingerprint density at radius 1 is 0.510 bits per heavy atom. The normalized spacial score (nSPS) is 9.57. The van der Waals surface area contributed by atoms with Crippen LogP contribution < -0.4 is 43.6 Å². The molecule has 4 rings (SSSR count). The molecule has 0 aliphatic rings. The van der Waals surface area contributed by atoms with Gasteiger partial charge >= 0.3 is 34.9 Å². The van der Waals surface area contributed by atoms with Crippen molar-refractivity contribution in [3.8, 4) is 47.0 Å². The van der Waals surface area contributed by atoms with Crippen LogP contribution in [-0.2, 0) is 0 Å². The predicted molar refractivity (Wildman–Crippen MR) is 178 cm³/mol. The lowest BCUT2D eigenvalue weighted by atomic mass is 10.4. The number of nitrogens with zero attached hydrogens (tertiary/aromatic N) is 10. The van der Waals surface area contributed by atoms with Crippen LogP contribution in [0.5, 0.6) is 47.0 Å². The van der Waals surface area contributed by atoms with E-state index >= 15 is 0 Å². The quantitative estimate of drug-likeness (QED) is 0.138. The third-order valence-corrected chi connectivity index (χ3v) is 5.65. The van der Waals surface area contributed by atoms with E-state index in [-0.39, 0.29) is 39.8 Å². The number of halogens is 2. The van der Waals surface area contributed by atoms with Crippen molar-refractivity contribution in [1.82, 2.24) is 39.9 Å². The number of hydrogen-bond donors (Lipinski definition) is 1. The second-order valence-electron chi connectivity index (χ2n) is 8.44. The fourth-order valence-electron chi connectivity index (χ4n) is 3.22. The van der Waals surface area contributed by atoms with E-state index in [9.17, 15) is 20.2 Å². The van der Waals surface area contributed by atoms with Crippen LogP contribution in [-0.4, -0.2) is 107 Å². The summed E-state index contributed by atoms with van der Waals surface area (Å²) in [5, 5.41) is 21.2. The van der Waals surface area contributed by atoms with Crippen LogP contribution in [0.1, 0.15) is 11.6 Å². The van der Waals surface area contributed by atoms with Crippen LogP contribution >= 0.6 is 23.2 Å². The topological polar surface area (TPSA) is 289 Å². The second kappa shape index (κ2) is 21.1. The lowest BCUT2D eigenvalue weighted by Gasteiger charge is -2.07. The Labute approximate surface area is 299 Å². The highest BCUT2D eigenvalue weighted by Crippen LogP contribution is 2.34. The summed E-state index contributed by atoms with van der Waals surface area (Å²) in [4.78, 5) is 49.9. The number of anilines is 1. The predicted octanol–water partition coefficient (Wildman–Crippen LogP) is 3.30. The number of rotatable bonds is 10. The summed E-state index contributed by atoms with van der Waals surface area (Å²) < 4.78 is 38.3. The van der Waals surface area contributed by atoms with Crippen molar-refractivity contribution in [3.63, 3.8) is 0 Å². The van der Waals surface area contributed by atoms with Gasteiger partial charge in [-0.05, 0) is 37.0 Å². The van der Waals surface area contributed by atoms with Gasteiger partial charge in [-0.2, -0.15) is 39.9 Å². The molecule has 4 heterocycles. The molecule has 0 aliphatic heterocycles. The first kappa shape index (κ1) is 42.9. The van der Waals surface area contributed by atoms with Gasteiger partial charge in [0.2, 0.25) is 34.1 Å². The van der Waals surface area contributed by atoms with E-state index in [1.807, 2.05) is 0 Å². The van der Waals surface area contributed by atoms with Gasteiger partial charge in [-0.25, -0.2) is 0 Å². The van der Waals surface area contributed by atoms with Crippen molar-refractivity contribution in [2.75, 3.05) is 62.6 Å². The summed E-state index contributed by atoms with van der Waals surface area (Å²) in [6.45, 7) is 3.33. The number of methoxy groups -OCH3 is 8. The molecule has 23 nitrogen and oxygen atoms in total. The van der Waals surface area contributed by atoms with Crippen LogP contribution in [0.3, 0.4) is 0 Å². The third-order valence-electron chi connectivity index (χ3n) is 5.31. The van der Waals surface area contributed by atoms with Gasteiger partial charge in [0.1, 0.15) is 11.6 Å². The van der Waals surface area contributed by atoms with Crippen LogP contribution in [0.2, 0.25) is 10.6 Å². The molecule has 0 fully saturated rings. The highest BCUT2D eigenvalue weighted by molar-refractivity contribution is 6.28. The smallest absolute Gasteiger partial charge is 0.392 e. The lowest BCUT2D eigenvalue weighted by Crippen LogP contribution is -2.03. The van der Waals surface area contributed by atoms with E-state index in [0.717, 1.165) is 0 Å². The minimum Gasteiger partial charge on any atom is -0.481 e.